The third-order valence-corrected chi connectivity index (χ3v) is 11.6. The zero-order valence-electron chi connectivity index (χ0n) is 27.5. The molecule has 0 unspecified atom stereocenters. The molecule has 0 nitrogen and oxygen atoms in total. The van der Waals surface area contributed by atoms with Gasteiger partial charge in [-0.05, 0) is 219 Å². The summed E-state index contributed by atoms with van der Waals surface area (Å²) >= 11 is 0. The van der Waals surface area contributed by atoms with Gasteiger partial charge < -0.3 is 0 Å². The first-order valence-corrected chi connectivity index (χ1v) is 14.8. The maximum Gasteiger partial charge on any atom is 0.0164 e. The summed E-state index contributed by atoms with van der Waals surface area (Å²) in [5, 5.41) is 2.97. The second-order valence-electron chi connectivity index (χ2n) is 13.4. The molecule has 4 aromatic carbocycles. The molecule has 0 saturated heterocycles. The van der Waals surface area contributed by atoms with Crippen LogP contribution in [-0.2, 0) is 5.41 Å². The van der Waals surface area contributed by atoms with Crippen molar-refractivity contribution in [1.82, 2.24) is 0 Å². The fraction of sp³-hybridized carbons (Fsp3) is 0.436. The highest BCUT2D eigenvalue weighted by atomic mass is 14.5. The molecule has 0 amide bonds. The van der Waals surface area contributed by atoms with Gasteiger partial charge in [0.1, 0.15) is 0 Å². The van der Waals surface area contributed by atoms with Gasteiger partial charge in [0.15, 0.2) is 0 Å². The minimum absolute atomic E-state index is 0.0687. The lowest BCUT2D eigenvalue weighted by Crippen LogP contribution is -2.19. The highest BCUT2D eigenvalue weighted by Gasteiger charge is 2.43. The molecule has 5 rings (SSSR count). The number of rotatable bonds is 1. The Morgan fingerprint density at radius 1 is 0.256 bits per heavy atom. The van der Waals surface area contributed by atoms with Gasteiger partial charge in [-0.25, -0.2) is 0 Å². The topological polar surface area (TPSA) is 0 Å². The van der Waals surface area contributed by atoms with Crippen LogP contribution < -0.4 is 0 Å². The fourth-order valence-corrected chi connectivity index (χ4v) is 8.44. The molecule has 204 valence electrons. The third kappa shape index (κ3) is 3.24. The van der Waals surface area contributed by atoms with Gasteiger partial charge in [-0.2, -0.15) is 0 Å². The third-order valence-electron chi connectivity index (χ3n) is 11.6. The Bertz CT molecular complexity index is 1750. The van der Waals surface area contributed by atoms with Crippen molar-refractivity contribution in [3.05, 3.63) is 89.0 Å². The zero-order chi connectivity index (χ0) is 29.2. The van der Waals surface area contributed by atoms with Crippen LogP contribution in [0.2, 0.25) is 0 Å². The van der Waals surface area contributed by atoms with E-state index < -0.39 is 0 Å². The smallest absolute Gasteiger partial charge is 0.0164 e. The van der Waals surface area contributed by atoms with E-state index in [1.54, 1.807) is 5.56 Å². The summed E-state index contributed by atoms with van der Waals surface area (Å²) in [6, 6.07) is 0. The summed E-state index contributed by atoms with van der Waals surface area (Å²) in [6.07, 6.45) is 0. The number of benzene rings is 4. The second-order valence-corrected chi connectivity index (χ2v) is 13.4. The zero-order valence-corrected chi connectivity index (χ0v) is 27.5. The average Bonchev–Trinajstić information content (AvgIpc) is 3.13. The van der Waals surface area contributed by atoms with E-state index in [2.05, 4.69) is 111 Å². The van der Waals surface area contributed by atoms with Crippen LogP contribution in [0.15, 0.2) is 0 Å². The molecular weight excluding hydrogens is 468 g/mol. The van der Waals surface area contributed by atoms with E-state index in [9.17, 15) is 0 Å². The highest BCUT2D eigenvalue weighted by molar-refractivity contribution is 6.10. The maximum absolute atomic E-state index is 2.48. The van der Waals surface area contributed by atoms with Crippen LogP contribution >= 0.6 is 0 Å². The molecule has 39 heavy (non-hydrogen) atoms. The second kappa shape index (κ2) is 8.57. The number of aryl methyl sites for hydroxylation is 3. The highest BCUT2D eigenvalue weighted by Crippen LogP contribution is 2.59. The van der Waals surface area contributed by atoms with Crippen LogP contribution in [0.1, 0.15) is 103 Å². The lowest BCUT2D eigenvalue weighted by atomic mass is 9.74. The Morgan fingerprint density at radius 3 is 1.08 bits per heavy atom. The van der Waals surface area contributed by atoms with E-state index in [1.807, 2.05) is 0 Å². The minimum atomic E-state index is -0.0687. The summed E-state index contributed by atoms with van der Waals surface area (Å²) in [5.74, 6) is 0. The van der Waals surface area contributed by atoms with Crippen molar-refractivity contribution in [2.45, 2.75) is 116 Å². The van der Waals surface area contributed by atoms with Gasteiger partial charge in [0, 0.05) is 5.41 Å². The molecule has 1 aliphatic rings. The van der Waals surface area contributed by atoms with Crippen molar-refractivity contribution in [3.63, 3.8) is 0 Å². The maximum atomic E-state index is 2.48. The largest absolute Gasteiger partial charge is 0.0516 e. The monoisotopic (exact) mass is 516 g/mol. The van der Waals surface area contributed by atoms with Crippen LogP contribution in [0, 0.1) is 96.9 Å². The molecule has 0 atom stereocenters. The summed E-state index contributed by atoms with van der Waals surface area (Å²) < 4.78 is 0. The quantitative estimate of drug-likeness (QED) is 0.236. The van der Waals surface area contributed by atoms with Crippen molar-refractivity contribution in [3.8, 4) is 22.3 Å². The Morgan fingerprint density at radius 2 is 0.564 bits per heavy atom. The summed E-state index contributed by atoms with van der Waals surface area (Å²) in [5.41, 5.74) is 29.2. The van der Waals surface area contributed by atoms with Gasteiger partial charge in [-0.1, -0.05) is 13.8 Å². The van der Waals surface area contributed by atoms with Gasteiger partial charge in [0.2, 0.25) is 0 Å². The van der Waals surface area contributed by atoms with E-state index in [1.165, 1.54) is 116 Å². The van der Waals surface area contributed by atoms with Gasteiger partial charge in [0.05, 0.1) is 0 Å². The average molecular weight is 517 g/mol. The van der Waals surface area contributed by atoms with Crippen LogP contribution in [0.4, 0.5) is 0 Å². The van der Waals surface area contributed by atoms with Crippen molar-refractivity contribution in [2.24, 2.45) is 0 Å². The predicted octanol–water partition coefficient (Wildman–Crippen LogP) is 11.1. The molecule has 1 aliphatic carbocycles. The van der Waals surface area contributed by atoms with E-state index in [0.29, 0.717) is 0 Å². The molecule has 0 fully saturated rings. The molecule has 0 spiro atoms. The Labute approximate surface area is 237 Å². The molecule has 0 saturated carbocycles. The van der Waals surface area contributed by atoms with E-state index in [4.69, 9.17) is 0 Å². The first kappa shape index (κ1) is 27.7. The molecule has 0 heteroatoms. The fourth-order valence-electron chi connectivity index (χ4n) is 8.44. The molecule has 0 N–H and O–H groups in total. The molecule has 0 bridgehead atoms. The van der Waals surface area contributed by atoms with Crippen LogP contribution in [0.5, 0.6) is 0 Å². The normalized spacial score (nSPS) is 13.8. The van der Waals surface area contributed by atoms with Gasteiger partial charge in [-0.3, -0.25) is 0 Å². The Balaban J connectivity index is 2.06. The van der Waals surface area contributed by atoms with Crippen molar-refractivity contribution >= 4 is 10.8 Å². The molecule has 0 heterocycles. The SMILES string of the molecule is Cc1c(C)c(C)c(-c2c(C)c(C)c3c(c2C)C(C)(C)c2c(C)c(C)c4c(C)c(C)c(C)c(C)c4c2-3)c(C)c1C. The van der Waals surface area contributed by atoms with E-state index in [-0.39, 0.29) is 5.41 Å². The van der Waals surface area contributed by atoms with Crippen molar-refractivity contribution in [1.29, 1.82) is 0 Å². The molecular formula is C39H48. The lowest BCUT2D eigenvalue weighted by Gasteiger charge is -2.30. The molecule has 0 aliphatic heterocycles. The Hall–Kier alpha value is -2.86. The summed E-state index contributed by atoms with van der Waals surface area (Å²) in [4.78, 5) is 0. The van der Waals surface area contributed by atoms with E-state index in [0.717, 1.165) is 0 Å². The van der Waals surface area contributed by atoms with Gasteiger partial charge >= 0.3 is 0 Å². The van der Waals surface area contributed by atoms with Crippen LogP contribution in [0.25, 0.3) is 33.0 Å². The standard InChI is InChI=1S/C39H48/c1-17-18(2)22(6)31(23(7)19(17)3)33-26(10)27(11)35-36-34-25(9)21(5)20(4)24(8)32(34)28(12)29(13)37(36)39(15,16)38(35)30(33)14/h1-16H3. The van der Waals surface area contributed by atoms with E-state index >= 15 is 0 Å². The Kier molecular flexibility index (Phi) is 6.08. The number of fused-ring (bicyclic) bond motifs is 5. The first-order valence-electron chi connectivity index (χ1n) is 14.8. The number of hydrogen-bond donors (Lipinski definition) is 0. The lowest BCUT2D eigenvalue weighted by molar-refractivity contribution is 0.650. The van der Waals surface area contributed by atoms with Gasteiger partial charge in [-0.15, -0.1) is 0 Å². The number of hydrogen-bond acceptors (Lipinski definition) is 0. The minimum Gasteiger partial charge on any atom is -0.0516 e. The molecule has 0 radical (unpaired) electrons. The summed E-state index contributed by atoms with van der Waals surface area (Å²) in [7, 11) is 0. The van der Waals surface area contributed by atoms with Crippen LogP contribution in [-0.4, -0.2) is 0 Å². The van der Waals surface area contributed by atoms with Crippen LogP contribution in [0.3, 0.4) is 0 Å². The molecule has 4 aromatic rings. The van der Waals surface area contributed by atoms with Crippen molar-refractivity contribution < 1.29 is 0 Å². The molecule has 0 aromatic heterocycles. The summed E-state index contributed by atoms with van der Waals surface area (Å²) in [6.45, 7) is 37.8. The van der Waals surface area contributed by atoms with Crippen molar-refractivity contribution in [2.75, 3.05) is 0 Å². The van der Waals surface area contributed by atoms with Gasteiger partial charge in [0.25, 0.3) is 0 Å². The predicted molar refractivity (Wildman–Crippen MR) is 173 cm³/mol. The first-order chi connectivity index (χ1) is 18.0.